The fourth-order valence-electron chi connectivity index (χ4n) is 1.23. The van der Waals surface area contributed by atoms with Crippen molar-refractivity contribution >= 4 is 11.7 Å². The van der Waals surface area contributed by atoms with Crippen molar-refractivity contribution in [1.82, 2.24) is 5.48 Å². The van der Waals surface area contributed by atoms with Crippen LogP contribution in [0.1, 0.15) is 29.6 Å². The molecule has 4 heteroatoms. The molecule has 0 atom stereocenters. The third-order valence-electron chi connectivity index (χ3n) is 2.03. The van der Waals surface area contributed by atoms with Gasteiger partial charge in [-0.05, 0) is 6.42 Å². The first-order chi connectivity index (χ1) is 7.24. The monoisotopic (exact) mass is 207 g/mol. The smallest absolute Gasteiger partial charge is 0.243 e. The molecule has 0 saturated heterocycles. The van der Waals surface area contributed by atoms with Gasteiger partial charge in [-0.2, -0.15) is 0 Å². The summed E-state index contributed by atoms with van der Waals surface area (Å²) in [4.78, 5) is 22.2. The summed E-state index contributed by atoms with van der Waals surface area (Å²) in [7, 11) is 0. The molecule has 0 unspecified atom stereocenters. The molecule has 0 spiro atoms. The molecule has 1 aromatic rings. The topological polar surface area (TPSA) is 66.4 Å². The number of amides is 1. The Bertz CT molecular complexity index is 335. The summed E-state index contributed by atoms with van der Waals surface area (Å²) in [6, 6.07) is 8.93. The first-order valence-electron chi connectivity index (χ1n) is 4.75. The van der Waals surface area contributed by atoms with E-state index < -0.39 is 5.91 Å². The van der Waals surface area contributed by atoms with E-state index >= 15 is 0 Å². The SMILES string of the molecule is O=C(CCCC(=O)c1ccccc1)NO. The highest BCUT2D eigenvalue weighted by molar-refractivity contribution is 5.96. The third-order valence-corrected chi connectivity index (χ3v) is 2.03. The molecule has 0 aliphatic heterocycles. The van der Waals surface area contributed by atoms with Crippen molar-refractivity contribution in [1.29, 1.82) is 0 Å². The van der Waals surface area contributed by atoms with Crippen molar-refractivity contribution in [3.63, 3.8) is 0 Å². The minimum absolute atomic E-state index is 0.0151. The summed E-state index contributed by atoms with van der Waals surface area (Å²) in [5, 5.41) is 8.23. The Balaban J connectivity index is 2.34. The normalized spacial score (nSPS) is 9.67. The minimum atomic E-state index is -0.462. The van der Waals surface area contributed by atoms with Gasteiger partial charge < -0.3 is 0 Å². The van der Waals surface area contributed by atoms with E-state index in [-0.39, 0.29) is 12.2 Å². The highest BCUT2D eigenvalue weighted by atomic mass is 16.5. The number of hydrogen-bond donors (Lipinski definition) is 2. The maximum absolute atomic E-state index is 11.5. The van der Waals surface area contributed by atoms with Gasteiger partial charge in [0.1, 0.15) is 0 Å². The van der Waals surface area contributed by atoms with Crippen LogP contribution in [0.3, 0.4) is 0 Å². The predicted octanol–water partition coefficient (Wildman–Crippen LogP) is 1.54. The molecule has 0 radical (unpaired) electrons. The Hall–Kier alpha value is -1.68. The van der Waals surface area contributed by atoms with Crippen molar-refractivity contribution in [2.75, 3.05) is 0 Å². The van der Waals surface area contributed by atoms with E-state index in [1.54, 1.807) is 24.3 Å². The molecule has 4 nitrogen and oxygen atoms in total. The van der Waals surface area contributed by atoms with Crippen molar-refractivity contribution in [3.8, 4) is 0 Å². The second kappa shape index (κ2) is 5.93. The van der Waals surface area contributed by atoms with E-state index in [4.69, 9.17) is 5.21 Å². The molecule has 0 bridgehead atoms. The van der Waals surface area contributed by atoms with Gasteiger partial charge in [-0.15, -0.1) is 0 Å². The second-order valence-corrected chi connectivity index (χ2v) is 3.18. The van der Waals surface area contributed by atoms with Crippen molar-refractivity contribution in [2.45, 2.75) is 19.3 Å². The molecule has 0 fully saturated rings. The number of hydroxylamine groups is 1. The first-order valence-corrected chi connectivity index (χ1v) is 4.75. The van der Waals surface area contributed by atoms with Crippen LogP contribution in [0.25, 0.3) is 0 Å². The molecule has 1 rings (SSSR count). The number of carbonyl (C=O) groups is 2. The molecular weight excluding hydrogens is 194 g/mol. The van der Waals surface area contributed by atoms with Crippen molar-refractivity contribution in [3.05, 3.63) is 35.9 Å². The number of rotatable bonds is 5. The Morgan fingerprint density at radius 2 is 1.80 bits per heavy atom. The average Bonchev–Trinajstić information content (AvgIpc) is 2.29. The lowest BCUT2D eigenvalue weighted by Crippen LogP contribution is -2.18. The van der Waals surface area contributed by atoms with Gasteiger partial charge >= 0.3 is 0 Å². The van der Waals surface area contributed by atoms with E-state index in [1.807, 2.05) is 6.07 Å². The van der Waals surface area contributed by atoms with Gasteiger partial charge in [0.25, 0.3) is 0 Å². The summed E-state index contributed by atoms with van der Waals surface area (Å²) < 4.78 is 0. The van der Waals surface area contributed by atoms with E-state index in [2.05, 4.69) is 0 Å². The Morgan fingerprint density at radius 3 is 2.40 bits per heavy atom. The number of nitrogens with one attached hydrogen (secondary N) is 1. The quantitative estimate of drug-likeness (QED) is 0.437. The summed E-state index contributed by atoms with van der Waals surface area (Å²) in [6.45, 7) is 0. The number of hydrogen-bond acceptors (Lipinski definition) is 3. The highest BCUT2D eigenvalue weighted by Crippen LogP contribution is 2.06. The Kier molecular flexibility index (Phi) is 4.50. The lowest BCUT2D eigenvalue weighted by atomic mass is 10.1. The molecule has 0 aliphatic carbocycles. The molecule has 0 saturated carbocycles. The van der Waals surface area contributed by atoms with Crippen LogP contribution in [0.4, 0.5) is 0 Å². The van der Waals surface area contributed by atoms with Gasteiger partial charge in [0, 0.05) is 18.4 Å². The summed E-state index contributed by atoms with van der Waals surface area (Å²) >= 11 is 0. The zero-order valence-corrected chi connectivity index (χ0v) is 8.27. The molecule has 2 N–H and O–H groups in total. The fourth-order valence-corrected chi connectivity index (χ4v) is 1.23. The van der Waals surface area contributed by atoms with Crippen LogP contribution in [-0.4, -0.2) is 16.9 Å². The Morgan fingerprint density at radius 1 is 1.13 bits per heavy atom. The standard InChI is InChI=1S/C11H13NO3/c13-10(7-4-8-11(14)12-15)9-5-2-1-3-6-9/h1-3,5-6,15H,4,7-8H2,(H,12,14). The van der Waals surface area contributed by atoms with Crippen LogP contribution in [0, 0.1) is 0 Å². The van der Waals surface area contributed by atoms with E-state index in [0.29, 0.717) is 18.4 Å². The van der Waals surface area contributed by atoms with Crippen molar-refractivity contribution in [2.24, 2.45) is 0 Å². The van der Waals surface area contributed by atoms with Gasteiger partial charge in [0.2, 0.25) is 5.91 Å². The zero-order chi connectivity index (χ0) is 11.1. The lowest BCUT2D eigenvalue weighted by Gasteiger charge is -2.00. The average molecular weight is 207 g/mol. The third kappa shape index (κ3) is 3.91. The van der Waals surface area contributed by atoms with Gasteiger partial charge in [-0.1, -0.05) is 30.3 Å². The molecule has 0 aromatic heterocycles. The zero-order valence-electron chi connectivity index (χ0n) is 8.27. The fraction of sp³-hybridized carbons (Fsp3) is 0.273. The number of ketones is 1. The molecule has 0 aliphatic rings. The molecular formula is C11H13NO3. The van der Waals surface area contributed by atoms with Crippen LogP contribution < -0.4 is 5.48 Å². The largest absolute Gasteiger partial charge is 0.294 e. The number of carbonyl (C=O) groups excluding carboxylic acids is 2. The summed E-state index contributed by atoms with van der Waals surface area (Å²) in [6.07, 6.45) is 0.923. The molecule has 1 aromatic carbocycles. The lowest BCUT2D eigenvalue weighted by molar-refractivity contribution is -0.129. The van der Waals surface area contributed by atoms with Crippen molar-refractivity contribution < 1.29 is 14.8 Å². The molecule has 1 amide bonds. The van der Waals surface area contributed by atoms with Crippen LogP contribution in [0.2, 0.25) is 0 Å². The van der Waals surface area contributed by atoms with Gasteiger partial charge in [-0.25, -0.2) is 5.48 Å². The van der Waals surface area contributed by atoms with Crippen LogP contribution in [0.5, 0.6) is 0 Å². The predicted molar refractivity (Wildman–Crippen MR) is 54.6 cm³/mol. The maximum Gasteiger partial charge on any atom is 0.243 e. The summed E-state index contributed by atoms with van der Waals surface area (Å²) in [5.41, 5.74) is 2.18. The first kappa shape index (κ1) is 11.4. The van der Waals surface area contributed by atoms with Gasteiger partial charge in [0.05, 0.1) is 0 Å². The van der Waals surface area contributed by atoms with Crippen LogP contribution in [0.15, 0.2) is 30.3 Å². The van der Waals surface area contributed by atoms with Crippen LogP contribution in [-0.2, 0) is 4.79 Å². The highest BCUT2D eigenvalue weighted by Gasteiger charge is 2.06. The van der Waals surface area contributed by atoms with Gasteiger partial charge in [-0.3, -0.25) is 14.8 Å². The maximum atomic E-state index is 11.5. The van der Waals surface area contributed by atoms with E-state index in [0.717, 1.165) is 0 Å². The molecule has 15 heavy (non-hydrogen) atoms. The summed E-state index contributed by atoms with van der Waals surface area (Å²) in [5.74, 6) is -0.447. The second-order valence-electron chi connectivity index (χ2n) is 3.18. The van der Waals surface area contributed by atoms with Gasteiger partial charge in [0.15, 0.2) is 5.78 Å². The Labute approximate surface area is 87.9 Å². The van der Waals surface area contributed by atoms with Crippen LogP contribution >= 0.6 is 0 Å². The minimum Gasteiger partial charge on any atom is -0.294 e. The number of benzene rings is 1. The number of Topliss-reactive ketones (excluding diaryl/α,β-unsaturated/α-hetero) is 1. The van der Waals surface area contributed by atoms with E-state index in [9.17, 15) is 9.59 Å². The molecule has 80 valence electrons. The molecule has 0 heterocycles. The van der Waals surface area contributed by atoms with E-state index in [1.165, 1.54) is 5.48 Å².